The second kappa shape index (κ2) is 5.85. The highest BCUT2D eigenvalue weighted by atomic mass is 16.7. The number of rotatable bonds is 4. The van der Waals surface area contributed by atoms with Crippen molar-refractivity contribution in [3.8, 4) is 11.5 Å². The standard InChI is InChI=1S/C18H13NO7/c20-15(9-5-6-12-13(7-9)26-8-25-12)14(18(23)24)19-16(21)10-3-1-2-4-11(10)17(19)22/h1-7,14-15,20H,8H2,(H,23,24)/t14-,15+/m0/s1/i15+2. The minimum absolute atomic E-state index is 0.0235. The normalized spacial score (nSPS) is 17.2. The molecule has 132 valence electrons. The van der Waals surface area contributed by atoms with E-state index in [9.17, 15) is 24.6 Å². The lowest BCUT2D eigenvalue weighted by atomic mass is 10.1. The van der Waals surface area contributed by atoms with Crippen LogP contribution in [0.4, 0.5) is 0 Å². The largest absolute Gasteiger partial charge is 0.480 e. The minimum atomic E-state index is -1.78. The maximum absolute atomic E-state index is 12.6. The molecular formula is C18H13NO7. The number of ether oxygens (including phenoxy) is 2. The van der Waals surface area contributed by atoms with Crippen molar-refractivity contribution in [1.82, 2.24) is 4.90 Å². The van der Waals surface area contributed by atoms with Crippen LogP contribution in [0.25, 0.3) is 0 Å². The smallest absolute Gasteiger partial charge is 0.330 e. The number of nitrogens with zero attached hydrogens (tertiary/aromatic N) is 1. The fourth-order valence-corrected chi connectivity index (χ4v) is 3.13. The summed E-state index contributed by atoms with van der Waals surface area (Å²) in [5, 5.41) is 20.2. The molecule has 2 heterocycles. The second-order valence-electron chi connectivity index (χ2n) is 5.87. The Morgan fingerprint density at radius 3 is 2.27 bits per heavy atom. The van der Waals surface area contributed by atoms with Gasteiger partial charge in [0.05, 0.1) is 11.1 Å². The van der Waals surface area contributed by atoms with Crippen molar-refractivity contribution in [1.29, 1.82) is 0 Å². The molecule has 26 heavy (non-hydrogen) atoms. The number of carboxylic acids is 1. The number of hydrogen-bond donors (Lipinski definition) is 2. The van der Waals surface area contributed by atoms with Gasteiger partial charge >= 0.3 is 5.97 Å². The first kappa shape index (κ1) is 16.1. The SMILES string of the molecule is O=C(O)[C@H]([14C@H](O)c1ccc2c(c1)OCO2)N1C(=O)c2ccccc2C1=O. The first-order valence-electron chi connectivity index (χ1n) is 7.76. The molecular weight excluding hydrogens is 344 g/mol. The van der Waals surface area contributed by atoms with Crippen molar-refractivity contribution in [3.63, 3.8) is 0 Å². The lowest BCUT2D eigenvalue weighted by Crippen LogP contribution is -2.48. The molecule has 2 aliphatic rings. The molecule has 0 radical (unpaired) electrons. The quantitative estimate of drug-likeness (QED) is 0.790. The summed E-state index contributed by atoms with van der Waals surface area (Å²) in [7, 11) is 0. The summed E-state index contributed by atoms with van der Waals surface area (Å²) in [5.41, 5.74) is 0.418. The number of aliphatic hydroxyl groups excluding tert-OH is 1. The van der Waals surface area contributed by atoms with Crippen molar-refractivity contribution in [2.24, 2.45) is 0 Å². The Morgan fingerprint density at radius 1 is 1.04 bits per heavy atom. The van der Waals surface area contributed by atoms with E-state index in [1.54, 1.807) is 12.1 Å². The summed E-state index contributed by atoms with van der Waals surface area (Å²) in [4.78, 5) is 37.5. The van der Waals surface area contributed by atoms with Gasteiger partial charge in [-0.25, -0.2) is 4.79 Å². The van der Waals surface area contributed by atoms with E-state index in [4.69, 9.17) is 9.47 Å². The van der Waals surface area contributed by atoms with E-state index < -0.39 is 29.9 Å². The molecule has 2 aromatic rings. The van der Waals surface area contributed by atoms with Gasteiger partial charge in [-0.15, -0.1) is 0 Å². The molecule has 2 atom stereocenters. The number of benzene rings is 2. The van der Waals surface area contributed by atoms with Crippen LogP contribution in [0.1, 0.15) is 32.4 Å². The first-order valence-corrected chi connectivity index (χ1v) is 7.76. The van der Waals surface area contributed by atoms with Crippen molar-refractivity contribution < 1.29 is 34.1 Å². The van der Waals surface area contributed by atoms with Gasteiger partial charge < -0.3 is 19.7 Å². The summed E-state index contributed by atoms with van der Waals surface area (Å²) in [6.45, 7) is 0.0235. The first-order chi connectivity index (χ1) is 12.5. The Labute approximate surface area is 147 Å². The van der Waals surface area contributed by atoms with Crippen LogP contribution < -0.4 is 9.47 Å². The third-order valence-electron chi connectivity index (χ3n) is 4.39. The lowest BCUT2D eigenvalue weighted by molar-refractivity contribution is -0.145. The van der Waals surface area contributed by atoms with Gasteiger partial charge in [-0.2, -0.15) is 0 Å². The topological polar surface area (TPSA) is 113 Å². The molecule has 0 unspecified atom stereocenters. The van der Waals surface area contributed by atoms with Gasteiger partial charge in [-0.3, -0.25) is 14.5 Å². The number of carbonyl (C=O) groups excluding carboxylic acids is 2. The highest BCUT2D eigenvalue weighted by Gasteiger charge is 2.46. The second-order valence-corrected chi connectivity index (χ2v) is 5.87. The summed E-state index contributed by atoms with van der Waals surface area (Å²) in [5.74, 6) is -2.18. The molecule has 0 spiro atoms. The number of hydrogen-bond acceptors (Lipinski definition) is 6. The Hall–Kier alpha value is -3.39. The zero-order valence-corrected chi connectivity index (χ0v) is 13.3. The van der Waals surface area contributed by atoms with Crippen LogP contribution in [0.2, 0.25) is 0 Å². The van der Waals surface area contributed by atoms with E-state index in [1.165, 1.54) is 30.3 Å². The van der Waals surface area contributed by atoms with Gasteiger partial charge in [0.25, 0.3) is 11.8 Å². The molecule has 8 nitrogen and oxygen atoms in total. The van der Waals surface area contributed by atoms with Crippen molar-refractivity contribution in [2.45, 2.75) is 12.1 Å². The van der Waals surface area contributed by atoms with Gasteiger partial charge in [0.2, 0.25) is 6.79 Å². The van der Waals surface area contributed by atoms with Gasteiger partial charge in [-0.05, 0) is 29.8 Å². The maximum Gasteiger partial charge on any atom is 0.330 e. The molecule has 0 aliphatic carbocycles. The summed E-state index contributed by atoms with van der Waals surface area (Å²) < 4.78 is 10.4. The zero-order valence-electron chi connectivity index (χ0n) is 13.3. The third kappa shape index (κ3) is 2.31. The minimum Gasteiger partial charge on any atom is -0.480 e. The molecule has 2 amide bonds. The Kier molecular flexibility index (Phi) is 3.62. The van der Waals surface area contributed by atoms with Crippen LogP contribution >= 0.6 is 0 Å². The zero-order chi connectivity index (χ0) is 18.4. The third-order valence-corrected chi connectivity index (χ3v) is 4.39. The van der Waals surface area contributed by atoms with E-state index in [1.807, 2.05) is 0 Å². The fourth-order valence-electron chi connectivity index (χ4n) is 3.13. The molecule has 8 heteroatoms. The molecule has 0 aromatic heterocycles. The van der Waals surface area contributed by atoms with Gasteiger partial charge in [0, 0.05) is 0 Å². The monoisotopic (exact) mass is 357 g/mol. The van der Waals surface area contributed by atoms with Crippen LogP contribution in [0.5, 0.6) is 11.5 Å². The van der Waals surface area contributed by atoms with E-state index >= 15 is 0 Å². The Morgan fingerprint density at radius 2 is 1.65 bits per heavy atom. The Bertz CT molecular complexity index is 904. The molecule has 4 rings (SSSR count). The molecule has 0 fully saturated rings. The van der Waals surface area contributed by atoms with Crippen LogP contribution in [0, 0.1) is 0 Å². The van der Waals surface area contributed by atoms with E-state index in [-0.39, 0.29) is 23.5 Å². The number of aliphatic carboxylic acids is 1. The molecule has 2 aromatic carbocycles. The number of fused-ring (bicyclic) bond motifs is 2. The predicted molar refractivity (Wildman–Crippen MR) is 85.9 cm³/mol. The summed E-state index contributed by atoms with van der Waals surface area (Å²) >= 11 is 0. The van der Waals surface area contributed by atoms with E-state index in [0.717, 1.165) is 0 Å². The molecule has 0 saturated carbocycles. The predicted octanol–water partition coefficient (Wildman–Crippen LogP) is 1.20. The van der Waals surface area contributed by atoms with Crippen LogP contribution in [0.3, 0.4) is 0 Å². The van der Waals surface area contributed by atoms with Crippen molar-refractivity contribution in [2.75, 3.05) is 6.79 Å². The number of imide groups is 1. The highest BCUT2D eigenvalue weighted by molar-refractivity contribution is 6.22. The summed E-state index contributed by atoms with van der Waals surface area (Å²) in [6.07, 6.45) is -1.63. The molecule has 2 N–H and O–H groups in total. The molecule has 2 aliphatic heterocycles. The number of amides is 2. The average molecular weight is 357 g/mol. The molecule has 0 bridgehead atoms. The van der Waals surface area contributed by atoms with E-state index in [0.29, 0.717) is 16.4 Å². The van der Waals surface area contributed by atoms with E-state index in [2.05, 4.69) is 0 Å². The summed E-state index contributed by atoms with van der Waals surface area (Å²) in [6, 6.07) is 8.70. The van der Waals surface area contributed by atoms with Crippen molar-refractivity contribution >= 4 is 17.8 Å². The maximum atomic E-state index is 12.6. The molecule has 0 saturated heterocycles. The average Bonchev–Trinajstić information content (AvgIpc) is 3.20. The van der Waals surface area contributed by atoms with Crippen molar-refractivity contribution in [3.05, 3.63) is 59.2 Å². The van der Waals surface area contributed by atoms with Gasteiger partial charge in [0.1, 0.15) is 6.10 Å². The number of aliphatic hydroxyl groups is 1. The highest BCUT2D eigenvalue weighted by Crippen LogP contribution is 2.36. The van der Waals surface area contributed by atoms with Gasteiger partial charge in [0.15, 0.2) is 17.5 Å². The van der Waals surface area contributed by atoms with Gasteiger partial charge in [-0.1, -0.05) is 18.2 Å². The Balaban J connectivity index is 1.72. The number of carbonyl (C=O) groups is 3. The lowest BCUT2D eigenvalue weighted by Gasteiger charge is -2.27. The fraction of sp³-hybridized carbons (Fsp3) is 0.167. The van der Waals surface area contributed by atoms with Crippen LogP contribution in [0.15, 0.2) is 42.5 Å². The van der Waals surface area contributed by atoms with Crippen LogP contribution in [-0.4, -0.2) is 45.7 Å². The van der Waals surface area contributed by atoms with Crippen LogP contribution in [-0.2, 0) is 4.79 Å². The number of carboxylic acid groups (broad SMARTS) is 1.